The largest absolute Gasteiger partial charge is 0.300 e. The van der Waals surface area contributed by atoms with E-state index in [2.05, 4.69) is 0 Å². The molecule has 7 heavy (non-hydrogen) atoms. The van der Waals surface area contributed by atoms with Crippen LogP contribution in [0.4, 0.5) is 0 Å². The molecule has 0 unspecified atom stereocenters. The van der Waals surface area contributed by atoms with Crippen LogP contribution < -0.4 is 0 Å². The van der Waals surface area contributed by atoms with E-state index in [1.54, 1.807) is 0 Å². The van der Waals surface area contributed by atoms with Crippen molar-refractivity contribution in [2.24, 2.45) is 0 Å². The van der Waals surface area contributed by atoms with E-state index in [1.165, 1.54) is 13.8 Å². The van der Waals surface area contributed by atoms with Gasteiger partial charge in [-0.2, -0.15) is 0 Å². The minimum absolute atomic E-state index is 0.167. The Kier molecular flexibility index (Phi) is 12.0. The topological polar surface area (TPSA) is 58.0 Å². The van der Waals surface area contributed by atoms with E-state index in [0.29, 0.717) is 0 Å². The summed E-state index contributed by atoms with van der Waals surface area (Å²) in [5, 5.41) is 5.40. The van der Waals surface area contributed by atoms with Gasteiger partial charge in [0, 0.05) is 0 Å². The molecule has 0 aliphatic carbocycles. The van der Waals surface area contributed by atoms with Crippen LogP contribution in [0.5, 0.6) is 0 Å². The van der Waals surface area contributed by atoms with Gasteiger partial charge >= 0.3 is 0 Å². The fourth-order valence-electron chi connectivity index (χ4n) is 0. The van der Waals surface area contributed by atoms with Gasteiger partial charge in [-0.3, -0.25) is 0 Å². The van der Waals surface area contributed by atoms with Gasteiger partial charge in [-0.1, -0.05) is 0 Å². The summed E-state index contributed by atoms with van der Waals surface area (Å²) in [5.74, 6) is 0.167. The molecular formula is C4H7NO2. The molecule has 0 aliphatic heterocycles. The average molecular weight is 101 g/mol. The fourth-order valence-corrected chi connectivity index (χ4v) is 0. The van der Waals surface area contributed by atoms with Gasteiger partial charge in [0.05, 0.1) is 0 Å². The first-order valence-corrected chi connectivity index (χ1v) is 1.66. The zero-order chi connectivity index (χ0) is 6.28. The molecule has 0 amide bonds. The van der Waals surface area contributed by atoms with Crippen molar-refractivity contribution < 1.29 is 9.59 Å². The third kappa shape index (κ3) is 52.1. The Hall–Kier alpha value is -0.950. The molecule has 0 aromatic heterocycles. The second-order valence-electron chi connectivity index (χ2n) is 1.01. The van der Waals surface area contributed by atoms with E-state index >= 15 is 0 Å². The fraction of sp³-hybridized carbons (Fsp3) is 0.500. The first-order valence-electron chi connectivity index (χ1n) is 1.66. The highest BCUT2D eigenvalue weighted by atomic mass is 16.1. The highest BCUT2D eigenvalue weighted by Crippen LogP contribution is 1.50. The van der Waals surface area contributed by atoms with E-state index in [1.807, 2.05) is 0 Å². The summed E-state index contributed by atoms with van der Waals surface area (Å²) in [4.78, 5) is 17.8. The van der Waals surface area contributed by atoms with Gasteiger partial charge < -0.3 is 4.79 Å². The quantitative estimate of drug-likeness (QED) is 0.356. The predicted octanol–water partition coefficient (Wildman–Crippen LogP) is 0.496. The zero-order valence-electron chi connectivity index (χ0n) is 4.32. The monoisotopic (exact) mass is 101 g/mol. The molecule has 0 radical (unpaired) electrons. The molecule has 40 valence electrons. The Balaban J connectivity index is 0. The van der Waals surface area contributed by atoms with E-state index in [9.17, 15) is 4.79 Å². The smallest absolute Gasteiger partial charge is 0.231 e. The van der Waals surface area contributed by atoms with Crippen molar-refractivity contribution in [2.45, 2.75) is 13.8 Å². The van der Waals surface area contributed by atoms with Gasteiger partial charge in [0.25, 0.3) is 0 Å². The summed E-state index contributed by atoms with van der Waals surface area (Å²) in [5.41, 5.74) is 0. The van der Waals surface area contributed by atoms with Crippen molar-refractivity contribution in [1.82, 2.24) is 0 Å². The lowest BCUT2D eigenvalue weighted by Crippen LogP contribution is -1.69. The highest BCUT2D eigenvalue weighted by Gasteiger charge is 1.62. The molecule has 1 N–H and O–H groups in total. The van der Waals surface area contributed by atoms with Crippen molar-refractivity contribution in [3.8, 4) is 0 Å². The Morgan fingerprint density at radius 2 is 1.57 bits per heavy atom. The second kappa shape index (κ2) is 8.90. The summed E-state index contributed by atoms with van der Waals surface area (Å²) in [6.07, 6.45) is 0.750. The van der Waals surface area contributed by atoms with Crippen LogP contribution >= 0.6 is 0 Å². The number of ketones is 1. The maximum atomic E-state index is 9.44. The molecule has 0 aromatic carbocycles. The molecule has 0 saturated heterocycles. The molecule has 0 aromatic rings. The maximum absolute atomic E-state index is 9.44. The second-order valence-corrected chi connectivity index (χ2v) is 1.01. The van der Waals surface area contributed by atoms with Gasteiger partial charge in [0.15, 0.2) is 0 Å². The summed E-state index contributed by atoms with van der Waals surface area (Å²) >= 11 is 0. The van der Waals surface area contributed by atoms with Crippen molar-refractivity contribution in [2.75, 3.05) is 0 Å². The van der Waals surface area contributed by atoms with Crippen LogP contribution in [-0.4, -0.2) is 11.9 Å². The number of Topliss-reactive ketones (excluding diaryl/α,β-unsaturated/α-hetero) is 1. The number of carbonyl (C=O) groups is 1. The van der Waals surface area contributed by atoms with Crippen LogP contribution in [-0.2, 0) is 9.59 Å². The molecule has 3 heteroatoms. The van der Waals surface area contributed by atoms with Gasteiger partial charge in [-0.25, -0.2) is 10.2 Å². The molecule has 0 spiro atoms. The standard InChI is InChI=1S/C3H6O.CHNO/c1-3(2)4;2-1-3/h1-2H3;2H. The van der Waals surface area contributed by atoms with Crippen molar-refractivity contribution in [1.29, 1.82) is 5.41 Å². The molecule has 0 heterocycles. The molecule has 0 atom stereocenters. The first-order chi connectivity index (χ1) is 3.15. The van der Waals surface area contributed by atoms with Crippen LogP contribution in [0.3, 0.4) is 0 Å². The van der Waals surface area contributed by atoms with Gasteiger partial charge in [0.2, 0.25) is 6.08 Å². The lowest BCUT2D eigenvalue weighted by molar-refractivity contribution is -0.114. The van der Waals surface area contributed by atoms with Crippen molar-refractivity contribution >= 4 is 11.9 Å². The number of carbonyl (C=O) groups excluding carboxylic acids is 2. The first kappa shape index (κ1) is 9.41. The normalized spacial score (nSPS) is 4.86. The Morgan fingerprint density at radius 3 is 1.57 bits per heavy atom. The summed E-state index contributed by atoms with van der Waals surface area (Å²) in [7, 11) is 0. The molecule has 0 aliphatic rings. The maximum Gasteiger partial charge on any atom is 0.231 e. The Labute approximate surface area is 41.8 Å². The van der Waals surface area contributed by atoms with Crippen molar-refractivity contribution in [3.05, 3.63) is 0 Å². The van der Waals surface area contributed by atoms with Crippen LogP contribution in [0.25, 0.3) is 0 Å². The van der Waals surface area contributed by atoms with Gasteiger partial charge in [0.1, 0.15) is 5.78 Å². The SMILES string of the molecule is CC(C)=O.N=C=O. The van der Waals surface area contributed by atoms with Crippen LogP contribution in [0.1, 0.15) is 13.8 Å². The van der Waals surface area contributed by atoms with Gasteiger partial charge in [-0.05, 0) is 13.8 Å². The number of nitrogens with one attached hydrogen (secondary N) is 1. The van der Waals surface area contributed by atoms with Crippen LogP contribution in [0.2, 0.25) is 0 Å². The predicted molar refractivity (Wildman–Crippen MR) is 24.8 cm³/mol. The lowest BCUT2D eigenvalue weighted by Gasteiger charge is -1.56. The minimum Gasteiger partial charge on any atom is -0.300 e. The Morgan fingerprint density at radius 1 is 1.57 bits per heavy atom. The number of rotatable bonds is 0. The molecule has 0 bridgehead atoms. The van der Waals surface area contributed by atoms with E-state index in [-0.39, 0.29) is 5.78 Å². The summed E-state index contributed by atoms with van der Waals surface area (Å²) in [6, 6.07) is 0. The Bertz CT molecular complexity index is 77.7. The molecule has 3 nitrogen and oxygen atoms in total. The van der Waals surface area contributed by atoms with E-state index in [4.69, 9.17) is 10.2 Å². The lowest BCUT2D eigenvalue weighted by atomic mass is 10.6. The molecule has 0 fully saturated rings. The number of hydrogen-bond acceptors (Lipinski definition) is 3. The third-order valence-corrected chi connectivity index (χ3v) is 0. The number of isocyanates is 1. The number of hydrogen-bond donors (Lipinski definition) is 1. The van der Waals surface area contributed by atoms with E-state index < -0.39 is 0 Å². The van der Waals surface area contributed by atoms with E-state index in [0.717, 1.165) is 6.08 Å². The summed E-state index contributed by atoms with van der Waals surface area (Å²) in [6.45, 7) is 3.06. The summed E-state index contributed by atoms with van der Waals surface area (Å²) < 4.78 is 0. The molecule has 0 saturated carbocycles. The van der Waals surface area contributed by atoms with Crippen LogP contribution in [0.15, 0.2) is 0 Å². The average Bonchev–Trinajstić information content (AvgIpc) is 1.33. The molecule has 0 rings (SSSR count). The minimum atomic E-state index is 0.167. The third-order valence-electron chi connectivity index (χ3n) is 0. The van der Waals surface area contributed by atoms with Gasteiger partial charge in [-0.15, -0.1) is 0 Å². The molecular weight excluding hydrogens is 94.0 g/mol. The van der Waals surface area contributed by atoms with Crippen molar-refractivity contribution in [3.63, 3.8) is 0 Å². The van der Waals surface area contributed by atoms with Crippen LogP contribution in [0, 0.1) is 5.41 Å². The highest BCUT2D eigenvalue weighted by molar-refractivity contribution is 5.72. The zero-order valence-corrected chi connectivity index (χ0v) is 4.32.